The van der Waals surface area contributed by atoms with E-state index in [1.807, 2.05) is 18.2 Å². The normalized spacial score (nSPS) is 29.0. The number of hydrogen-bond donors (Lipinski definition) is 1. The van der Waals surface area contributed by atoms with Gasteiger partial charge < -0.3 is 14.9 Å². The molecule has 5 rings (SSSR count). The molecule has 0 radical (unpaired) electrons. The minimum absolute atomic E-state index is 0.247. The summed E-state index contributed by atoms with van der Waals surface area (Å²) in [4.78, 5) is 17.4. The highest BCUT2D eigenvalue weighted by Gasteiger charge is 2.71. The van der Waals surface area contributed by atoms with Crippen LogP contribution in [0.2, 0.25) is 0 Å². The van der Waals surface area contributed by atoms with E-state index in [1.165, 1.54) is 6.92 Å². The van der Waals surface area contributed by atoms with Crippen molar-refractivity contribution in [2.24, 2.45) is 17.8 Å². The number of rotatable bonds is 4. The molecule has 2 N–H and O–H groups in total. The van der Waals surface area contributed by atoms with Crippen LogP contribution in [-0.2, 0) is 14.9 Å². The largest absolute Gasteiger partial charge is 0.461 e. The summed E-state index contributed by atoms with van der Waals surface area (Å²) in [6, 6.07) is 12.6. The lowest BCUT2D eigenvalue weighted by Gasteiger charge is -2.46. The highest BCUT2D eigenvalue weighted by atomic mass is 19.3. The summed E-state index contributed by atoms with van der Waals surface area (Å²) in [7, 11) is 0. The number of benzene rings is 1. The Kier molecular flexibility index (Phi) is 5.58. The molecule has 8 nitrogen and oxygen atoms in total. The molecule has 1 aliphatic carbocycles. The van der Waals surface area contributed by atoms with Crippen molar-refractivity contribution in [3.05, 3.63) is 65.8 Å². The molecule has 1 saturated carbocycles. The van der Waals surface area contributed by atoms with Crippen LogP contribution < -0.4 is 5.73 Å². The maximum atomic E-state index is 15.4. The number of carbonyl (C=O) groups is 1. The van der Waals surface area contributed by atoms with Gasteiger partial charge in [-0.15, -0.1) is 5.10 Å². The Hall–Kier alpha value is -4.13. The molecule has 10 heteroatoms. The Morgan fingerprint density at radius 2 is 1.97 bits per heavy atom. The van der Waals surface area contributed by atoms with Crippen molar-refractivity contribution in [1.29, 1.82) is 5.26 Å². The minimum Gasteiger partial charge on any atom is -0.461 e. The summed E-state index contributed by atoms with van der Waals surface area (Å²) >= 11 is 0. The number of nitriles is 1. The van der Waals surface area contributed by atoms with Gasteiger partial charge in [-0.05, 0) is 31.1 Å². The van der Waals surface area contributed by atoms with Gasteiger partial charge in [-0.3, -0.25) is 9.78 Å². The Labute approximate surface area is 205 Å². The standard InChI is InChI=1S/C26H23F2N5O3/c1-14-19(10-9-18-8-7-17(12-31-18)20-6-4-3-5-16(20)11-29)21-15(2)35-23(34)25(21,13-26(14,27)28)22-32-33-24(30)36-22/h3-10,12,14-15,19,21H,13H2,1-2H3,(H2,30,33)/t14-,15+,19-,21-,25+/m0/s1. The average molecular weight is 491 g/mol. The van der Waals surface area contributed by atoms with E-state index in [-0.39, 0.29) is 11.9 Å². The van der Waals surface area contributed by atoms with E-state index in [1.54, 1.807) is 43.5 Å². The number of nitrogens with zero attached hydrogens (tertiary/aromatic N) is 4. The van der Waals surface area contributed by atoms with Gasteiger partial charge >= 0.3 is 12.0 Å². The van der Waals surface area contributed by atoms with Crippen LogP contribution >= 0.6 is 0 Å². The zero-order chi connectivity index (χ0) is 25.7. The van der Waals surface area contributed by atoms with Crippen LogP contribution in [-0.4, -0.2) is 33.2 Å². The lowest BCUT2D eigenvalue weighted by Crippen LogP contribution is -2.56. The van der Waals surface area contributed by atoms with Gasteiger partial charge in [0, 0.05) is 35.6 Å². The van der Waals surface area contributed by atoms with Crippen LogP contribution in [0.3, 0.4) is 0 Å². The van der Waals surface area contributed by atoms with Crippen molar-refractivity contribution in [3.63, 3.8) is 0 Å². The number of halogens is 2. The smallest absolute Gasteiger partial charge is 0.322 e. The third-order valence-electron chi connectivity index (χ3n) is 7.36. The first-order valence-corrected chi connectivity index (χ1v) is 11.5. The van der Waals surface area contributed by atoms with Crippen LogP contribution in [0.1, 0.15) is 37.4 Å². The molecule has 1 aromatic carbocycles. The zero-order valence-corrected chi connectivity index (χ0v) is 19.6. The summed E-state index contributed by atoms with van der Waals surface area (Å²) in [5, 5.41) is 16.8. The van der Waals surface area contributed by atoms with Crippen molar-refractivity contribution in [2.75, 3.05) is 5.73 Å². The van der Waals surface area contributed by atoms with E-state index in [9.17, 15) is 10.1 Å². The molecule has 0 amide bonds. The topological polar surface area (TPSA) is 128 Å². The molecular formula is C26H23F2N5O3. The number of esters is 1. The van der Waals surface area contributed by atoms with Gasteiger partial charge in [0.15, 0.2) is 5.41 Å². The zero-order valence-electron chi connectivity index (χ0n) is 19.6. The minimum atomic E-state index is -3.21. The monoisotopic (exact) mass is 491 g/mol. The van der Waals surface area contributed by atoms with Crippen molar-refractivity contribution < 1.29 is 22.7 Å². The molecule has 2 aromatic heterocycles. The van der Waals surface area contributed by atoms with Crippen LogP contribution in [0.4, 0.5) is 14.8 Å². The maximum absolute atomic E-state index is 15.4. The molecule has 36 heavy (non-hydrogen) atoms. The Bertz CT molecular complexity index is 1380. The Morgan fingerprint density at radius 3 is 2.64 bits per heavy atom. The molecule has 3 heterocycles. The fourth-order valence-corrected chi connectivity index (χ4v) is 5.55. The molecule has 2 aliphatic rings. The van der Waals surface area contributed by atoms with Crippen molar-refractivity contribution >= 4 is 18.1 Å². The van der Waals surface area contributed by atoms with Crippen molar-refractivity contribution in [2.45, 2.75) is 37.7 Å². The number of pyridine rings is 1. The first-order chi connectivity index (χ1) is 17.2. The highest BCUT2D eigenvalue weighted by molar-refractivity contribution is 5.85. The van der Waals surface area contributed by atoms with Crippen molar-refractivity contribution in [3.8, 4) is 17.2 Å². The van der Waals surface area contributed by atoms with E-state index in [2.05, 4.69) is 21.3 Å². The molecule has 2 fully saturated rings. The Balaban J connectivity index is 1.51. The quantitative estimate of drug-likeness (QED) is 0.532. The van der Waals surface area contributed by atoms with Gasteiger partial charge in [0.05, 0.1) is 17.3 Å². The SMILES string of the molecule is C[C@H]1OC(=O)[C@]2(c3nnc(N)o3)CC(F)(F)[C@@H](C)[C@H](C=Cc3ccc(-c4ccccc4C#N)cn3)[C@H]12. The third-order valence-corrected chi connectivity index (χ3v) is 7.36. The number of allylic oxidation sites excluding steroid dienone is 1. The molecular weight excluding hydrogens is 468 g/mol. The third kappa shape index (κ3) is 3.63. The average Bonchev–Trinajstić information content (AvgIpc) is 3.40. The van der Waals surface area contributed by atoms with E-state index < -0.39 is 47.6 Å². The lowest BCUT2D eigenvalue weighted by molar-refractivity contribution is -0.159. The van der Waals surface area contributed by atoms with Gasteiger partial charge in [-0.1, -0.05) is 42.4 Å². The molecule has 5 atom stereocenters. The number of nitrogen functional groups attached to an aromatic ring is 1. The maximum Gasteiger partial charge on any atom is 0.322 e. The number of anilines is 1. The molecule has 1 aliphatic heterocycles. The molecule has 3 aromatic rings. The van der Waals surface area contributed by atoms with Crippen LogP contribution in [0, 0.1) is 29.1 Å². The predicted molar refractivity (Wildman–Crippen MR) is 125 cm³/mol. The van der Waals surface area contributed by atoms with E-state index in [0.29, 0.717) is 11.3 Å². The number of ether oxygens (including phenoxy) is 1. The second-order valence-electron chi connectivity index (χ2n) is 9.35. The van der Waals surface area contributed by atoms with E-state index in [4.69, 9.17) is 14.9 Å². The van der Waals surface area contributed by atoms with Gasteiger partial charge in [0.2, 0.25) is 5.89 Å². The fraction of sp³-hybridized carbons (Fsp3) is 0.346. The number of aromatic nitrogens is 3. The van der Waals surface area contributed by atoms with Crippen LogP contribution in [0.25, 0.3) is 17.2 Å². The van der Waals surface area contributed by atoms with Crippen molar-refractivity contribution in [1.82, 2.24) is 15.2 Å². The lowest BCUT2D eigenvalue weighted by atomic mass is 9.56. The van der Waals surface area contributed by atoms with Gasteiger partial charge in [-0.25, -0.2) is 8.78 Å². The summed E-state index contributed by atoms with van der Waals surface area (Å²) in [6.45, 7) is 3.15. The van der Waals surface area contributed by atoms with Crippen LogP contribution in [0.15, 0.2) is 53.1 Å². The Morgan fingerprint density at radius 1 is 1.19 bits per heavy atom. The second-order valence-corrected chi connectivity index (χ2v) is 9.35. The number of hydrogen-bond acceptors (Lipinski definition) is 8. The van der Waals surface area contributed by atoms with Gasteiger partial charge in [0.1, 0.15) is 6.10 Å². The van der Waals surface area contributed by atoms with E-state index in [0.717, 1.165) is 11.1 Å². The number of carbonyl (C=O) groups excluding carboxylic acids is 1. The summed E-state index contributed by atoms with van der Waals surface area (Å²) < 4.78 is 41.5. The number of nitrogens with two attached hydrogens (primary N) is 1. The summed E-state index contributed by atoms with van der Waals surface area (Å²) in [5.41, 5.74) is 6.35. The van der Waals surface area contributed by atoms with E-state index >= 15 is 8.78 Å². The van der Waals surface area contributed by atoms with Gasteiger partial charge in [-0.2, -0.15) is 5.26 Å². The first-order valence-electron chi connectivity index (χ1n) is 11.5. The molecule has 1 saturated heterocycles. The molecule has 0 spiro atoms. The predicted octanol–water partition coefficient (Wildman–Crippen LogP) is 4.39. The number of cyclic esters (lactones) is 1. The molecule has 0 bridgehead atoms. The van der Waals surface area contributed by atoms with Gasteiger partial charge in [0.25, 0.3) is 5.92 Å². The fourth-order valence-electron chi connectivity index (χ4n) is 5.55. The molecule has 184 valence electrons. The molecule has 0 unspecified atom stereocenters. The number of alkyl halides is 2. The second kappa shape index (κ2) is 8.52. The first kappa shape index (κ1) is 23.6. The van der Waals surface area contributed by atoms with Crippen LogP contribution in [0.5, 0.6) is 0 Å². The summed E-state index contributed by atoms with van der Waals surface area (Å²) in [6.07, 6.45) is 3.49. The highest BCUT2D eigenvalue weighted by Crippen LogP contribution is 2.60. The number of fused-ring (bicyclic) bond motifs is 1. The summed E-state index contributed by atoms with van der Waals surface area (Å²) in [5.74, 6) is -6.79.